The number of hydrogen-bond acceptors (Lipinski definition) is 0. The molecule has 0 bridgehead atoms. The van der Waals surface area contributed by atoms with E-state index in [0.717, 1.165) is 6.42 Å². The second kappa shape index (κ2) is 15.5. The molecular weight excluding hydrogens is 304 g/mol. The van der Waals surface area contributed by atoms with Gasteiger partial charge in [-0.1, -0.05) is 85.0 Å². The van der Waals surface area contributed by atoms with Gasteiger partial charge in [-0.2, -0.15) is 0 Å². The zero-order valence-electron chi connectivity index (χ0n) is 17.6. The molecule has 1 aromatic heterocycles. The first-order valence-electron chi connectivity index (χ1n) is 11.4. The normalized spacial score (nSPS) is 11.3. The van der Waals surface area contributed by atoms with Gasteiger partial charge in [0.05, 0.1) is 13.1 Å². The fraction of sp³-hybridized carbons (Fsp3) is 0.870. The third kappa shape index (κ3) is 10.1. The summed E-state index contributed by atoms with van der Waals surface area (Å²) in [6.07, 6.45) is 25.3. The molecule has 0 aromatic carbocycles. The van der Waals surface area contributed by atoms with E-state index in [-0.39, 0.29) is 0 Å². The number of unbranched alkanes of at least 4 members (excludes halogenated alkanes) is 12. The standard InChI is InChI=1S/C23H45N2/c1-4-7-9-11-12-13-14-16-18-20-25-22-21-24(23(25)6-3)19-17-15-10-8-5-2/h21-22H,4-20H2,1-3H3/q+1. The zero-order valence-corrected chi connectivity index (χ0v) is 17.6. The van der Waals surface area contributed by atoms with Crippen LogP contribution in [0.5, 0.6) is 0 Å². The molecule has 0 aliphatic rings. The lowest BCUT2D eigenvalue weighted by Crippen LogP contribution is -2.37. The van der Waals surface area contributed by atoms with Gasteiger partial charge in [0, 0.05) is 6.42 Å². The predicted octanol–water partition coefficient (Wildman–Crippen LogP) is 6.84. The molecule has 0 unspecified atom stereocenters. The molecule has 2 nitrogen and oxygen atoms in total. The van der Waals surface area contributed by atoms with E-state index in [1.807, 2.05) is 0 Å². The van der Waals surface area contributed by atoms with E-state index in [4.69, 9.17) is 0 Å². The third-order valence-electron chi connectivity index (χ3n) is 5.41. The molecule has 0 atom stereocenters. The number of rotatable bonds is 17. The Kier molecular flexibility index (Phi) is 13.8. The van der Waals surface area contributed by atoms with Gasteiger partial charge in [-0.05, 0) is 25.7 Å². The Morgan fingerprint density at radius 1 is 0.680 bits per heavy atom. The number of imidazole rings is 1. The van der Waals surface area contributed by atoms with Crippen LogP contribution >= 0.6 is 0 Å². The van der Waals surface area contributed by atoms with E-state index in [0.29, 0.717) is 0 Å². The van der Waals surface area contributed by atoms with Crippen molar-refractivity contribution < 1.29 is 4.57 Å². The number of hydrogen-bond donors (Lipinski definition) is 0. The molecule has 0 spiro atoms. The van der Waals surface area contributed by atoms with Gasteiger partial charge in [-0.3, -0.25) is 0 Å². The number of aromatic nitrogens is 2. The predicted molar refractivity (Wildman–Crippen MR) is 110 cm³/mol. The van der Waals surface area contributed by atoms with E-state index in [2.05, 4.69) is 42.3 Å². The van der Waals surface area contributed by atoms with Crippen LogP contribution in [0.25, 0.3) is 0 Å². The Morgan fingerprint density at radius 3 is 1.76 bits per heavy atom. The van der Waals surface area contributed by atoms with Crippen LogP contribution in [-0.4, -0.2) is 4.57 Å². The summed E-state index contributed by atoms with van der Waals surface area (Å²) in [5.74, 6) is 1.52. The SMILES string of the molecule is CCCCCCCCCCCn1cc[n+](CCCCCCC)c1CC. The highest BCUT2D eigenvalue weighted by atomic mass is 15.1. The van der Waals surface area contributed by atoms with Crippen LogP contribution in [0.3, 0.4) is 0 Å². The monoisotopic (exact) mass is 349 g/mol. The van der Waals surface area contributed by atoms with E-state index in [1.165, 1.54) is 109 Å². The lowest BCUT2D eigenvalue weighted by atomic mass is 10.1. The Labute approximate surface area is 158 Å². The maximum atomic E-state index is 2.51. The lowest BCUT2D eigenvalue weighted by Gasteiger charge is -2.04. The van der Waals surface area contributed by atoms with Crippen LogP contribution in [0.2, 0.25) is 0 Å². The molecule has 0 aliphatic heterocycles. The van der Waals surface area contributed by atoms with Gasteiger partial charge in [0.2, 0.25) is 0 Å². The van der Waals surface area contributed by atoms with E-state index < -0.39 is 0 Å². The molecule has 0 saturated carbocycles. The Balaban J connectivity index is 2.16. The van der Waals surface area contributed by atoms with Gasteiger partial charge in [0.15, 0.2) is 0 Å². The van der Waals surface area contributed by atoms with Crippen LogP contribution < -0.4 is 4.57 Å². The molecule has 25 heavy (non-hydrogen) atoms. The highest BCUT2D eigenvalue weighted by molar-refractivity contribution is 4.83. The summed E-state index contributed by atoms with van der Waals surface area (Å²) in [5, 5.41) is 0. The molecule has 0 fully saturated rings. The Bertz CT molecular complexity index is 408. The number of nitrogens with zero attached hydrogens (tertiary/aromatic N) is 2. The quantitative estimate of drug-likeness (QED) is 0.215. The topological polar surface area (TPSA) is 8.81 Å². The molecule has 0 aliphatic carbocycles. The first kappa shape index (κ1) is 22.3. The summed E-state index contributed by atoms with van der Waals surface area (Å²) in [5.41, 5.74) is 0. The highest BCUT2D eigenvalue weighted by Gasteiger charge is 2.14. The average molecular weight is 350 g/mol. The number of aryl methyl sites for hydroxylation is 2. The fourth-order valence-corrected chi connectivity index (χ4v) is 3.79. The van der Waals surface area contributed by atoms with Gasteiger partial charge in [-0.25, -0.2) is 9.13 Å². The summed E-state index contributed by atoms with van der Waals surface area (Å²) < 4.78 is 5.01. The van der Waals surface area contributed by atoms with Crippen molar-refractivity contribution in [1.29, 1.82) is 0 Å². The maximum absolute atomic E-state index is 2.51. The smallest absolute Gasteiger partial charge is 0.234 e. The summed E-state index contributed by atoms with van der Waals surface area (Å²) in [7, 11) is 0. The first-order valence-corrected chi connectivity index (χ1v) is 11.4. The van der Waals surface area contributed by atoms with Crippen molar-refractivity contribution in [3.8, 4) is 0 Å². The summed E-state index contributed by atoms with van der Waals surface area (Å²) >= 11 is 0. The molecular formula is C23H45N2+. The van der Waals surface area contributed by atoms with Gasteiger partial charge in [-0.15, -0.1) is 0 Å². The van der Waals surface area contributed by atoms with Crippen molar-refractivity contribution in [1.82, 2.24) is 4.57 Å². The molecule has 0 N–H and O–H groups in total. The molecule has 0 saturated heterocycles. The zero-order chi connectivity index (χ0) is 18.2. The van der Waals surface area contributed by atoms with E-state index >= 15 is 0 Å². The van der Waals surface area contributed by atoms with Crippen LogP contribution in [-0.2, 0) is 19.5 Å². The van der Waals surface area contributed by atoms with Gasteiger partial charge < -0.3 is 0 Å². The fourth-order valence-electron chi connectivity index (χ4n) is 3.79. The van der Waals surface area contributed by atoms with Gasteiger partial charge in [0.25, 0.3) is 5.82 Å². The second-order valence-electron chi connectivity index (χ2n) is 7.70. The van der Waals surface area contributed by atoms with Crippen LogP contribution in [0, 0.1) is 0 Å². The summed E-state index contributed by atoms with van der Waals surface area (Å²) in [4.78, 5) is 0. The molecule has 0 amide bonds. The van der Waals surface area contributed by atoms with Crippen LogP contribution in [0.4, 0.5) is 0 Å². The minimum atomic E-state index is 1.15. The summed E-state index contributed by atoms with van der Waals surface area (Å²) in [6.45, 7) is 9.30. The van der Waals surface area contributed by atoms with Crippen molar-refractivity contribution in [3.05, 3.63) is 18.2 Å². The molecule has 1 rings (SSSR count). The van der Waals surface area contributed by atoms with E-state index in [9.17, 15) is 0 Å². The minimum Gasteiger partial charge on any atom is -0.234 e. The molecule has 1 heterocycles. The molecule has 2 heteroatoms. The molecule has 146 valence electrons. The van der Waals surface area contributed by atoms with Crippen LogP contribution in [0.15, 0.2) is 12.4 Å². The van der Waals surface area contributed by atoms with Gasteiger partial charge >= 0.3 is 0 Å². The van der Waals surface area contributed by atoms with Crippen molar-refractivity contribution in [3.63, 3.8) is 0 Å². The largest absolute Gasteiger partial charge is 0.256 e. The first-order chi connectivity index (χ1) is 12.3. The summed E-state index contributed by atoms with van der Waals surface area (Å²) in [6, 6.07) is 0. The second-order valence-corrected chi connectivity index (χ2v) is 7.70. The highest BCUT2D eigenvalue weighted by Crippen LogP contribution is 2.11. The molecule has 1 aromatic rings. The third-order valence-corrected chi connectivity index (χ3v) is 5.41. The van der Waals surface area contributed by atoms with Crippen molar-refractivity contribution in [2.24, 2.45) is 0 Å². The van der Waals surface area contributed by atoms with Gasteiger partial charge in [0.1, 0.15) is 12.4 Å². The average Bonchev–Trinajstić information content (AvgIpc) is 3.02. The van der Waals surface area contributed by atoms with Crippen molar-refractivity contribution in [2.75, 3.05) is 0 Å². The van der Waals surface area contributed by atoms with Crippen LogP contribution in [0.1, 0.15) is 116 Å². The Hall–Kier alpha value is -0.790. The maximum Gasteiger partial charge on any atom is 0.256 e. The lowest BCUT2D eigenvalue weighted by molar-refractivity contribution is -0.704. The minimum absolute atomic E-state index is 1.15. The van der Waals surface area contributed by atoms with E-state index in [1.54, 1.807) is 0 Å². The van der Waals surface area contributed by atoms with Crippen molar-refractivity contribution >= 4 is 0 Å². The Morgan fingerprint density at radius 2 is 1.20 bits per heavy atom. The van der Waals surface area contributed by atoms with Crippen molar-refractivity contribution in [2.45, 2.75) is 130 Å². The molecule has 0 radical (unpaired) electrons.